The van der Waals surface area contributed by atoms with Crippen LogP contribution in [0, 0.1) is 6.92 Å². The topological polar surface area (TPSA) is 38.3 Å². The van der Waals surface area contributed by atoms with Crippen LogP contribution in [-0.2, 0) is 10.3 Å². The lowest BCUT2D eigenvalue weighted by Gasteiger charge is -2.29. The third kappa shape index (κ3) is 3.67. The number of carbonyl (C=O) groups is 1. The van der Waals surface area contributed by atoms with Gasteiger partial charge < -0.3 is 10.1 Å². The molecule has 0 aliphatic rings. The highest BCUT2D eigenvalue weighted by Crippen LogP contribution is 2.26. The predicted molar refractivity (Wildman–Crippen MR) is 89.3 cm³/mol. The maximum atomic E-state index is 12.3. The van der Waals surface area contributed by atoms with E-state index in [2.05, 4.69) is 5.32 Å². The molecule has 1 atom stereocenters. The van der Waals surface area contributed by atoms with Crippen molar-refractivity contribution < 1.29 is 9.53 Å². The Kier molecular flexibility index (Phi) is 5.22. The molecule has 0 aromatic heterocycles. The summed E-state index contributed by atoms with van der Waals surface area (Å²) < 4.78 is 5.62. The molecule has 0 saturated carbocycles. The smallest absolute Gasteiger partial charge is 0.251 e. The molecule has 0 aliphatic heterocycles. The molecule has 0 heterocycles. The highest BCUT2D eigenvalue weighted by Gasteiger charge is 2.27. The van der Waals surface area contributed by atoms with Crippen molar-refractivity contribution in [1.29, 1.82) is 0 Å². The molecule has 1 amide bonds. The quantitative estimate of drug-likeness (QED) is 0.907. The molecule has 0 spiro atoms. The van der Waals surface area contributed by atoms with E-state index in [1.165, 1.54) is 0 Å². The number of carbonyl (C=O) groups excluding carboxylic acids is 1. The first kappa shape index (κ1) is 16.5. The molecule has 0 fully saturated rings. The number of nitrogens with one attached hydrogen (secondary N) is 1. The zero-order valence-corrected chi connectivity index (χ0v) is 13.8. The van der Waals surface area contributed by atoms with Gasteiger partial charge in [0.25, 0.3) is 5.91 Å². The number of amides is 1. The molecule has 2 aromatic carbocycles. The summed E-state index contributed by atoms with van der Waals surface area (Å²) in [4.78, 5) is 12.3. The van der Waals surface area contributed by atoms with E-state index in [9.17, 15) is 4.79 Å². The monoisotopic (exact) mass is 317 g/mol. The third-order valence-corrected chi connectivity index (χ3v) is 4.10. The van der Waals surface area contributed by atoms with Crippen LogP contribution >= 0.6 is 11.6 Å². The van der Waals surface area contributed by atoms with Crippen LogP contribution in [0.2, 0.25) is 5.02 Å². The van der Waals surface area contributed by atoms with E-state index in [1.807, 2.05) is 62.4 Å². The van der Waals surface area contributed by atoms with Gasteiger partial charge >= 0.3 is 0 Å². The number of halogens is 1. The number of hydrogen-bond donors (Lipinski definition) is 1. The van der Waals surface area contributed by atoms with E-state index >= 15 is 0 Å². The van der Waals surface area contributed by atoms with E-state index < -0.39 is 5.60 Å². The highest BCUT2D eigenvalue weighted by molar-refractivity contribution is 6.30. The molecule has 0 radical (unpaired) electrons. The van der Waals surface area contributed by atoms with Crippen LogP contribution in [0.1, 0.15) is 28.4 Å². The van der Waals surface area contributed by atoms with E-state index in [-0.39, 0.29) is 5.91 Å². The van der Waals surface area contributed by atoms with E-state index in [0.29, 0.717) is 17.1 Å². The lowest BCUT2D eigenvalue weighted by atomic mass is 9.95. The number of benzene rings is 2. The molecular formula is C18H20ClNO2. The van der Waals surface area contributed by atoms with Crippen LogP contribution < -0.4 is 5.32 Å². The van der Waals surface area contributed by atoms with Crippen molar-refractivity contribution >= 4 is 17.5 Å². The molecule has 0 unspecified atom stereocenters. The fraction of sp³-hybridized carbons (Fsp3) is 0.278. The van der Waals surface area contributed by atoms with Crippen LogP contribution in [0.4, 0.5) is 0 Å². The Hall–Kier alpha value is -1.84. The molecule has 3 nitrogen and oxygen atoms in total. The lowest BCUT2D eigenvalue weighted by Crippen LogP contribution is -2.40. The Balaban J connectivity index is 2.14. The summed E-state index contributed by atoms with van der Waals surface area (Å²) in [5.41, 5.74) is 1.91. The van der Waals surface area contributed by atoms with Crippen molar-refractivity contribution in [3.63, 3.8) is 0 Å². The maximum Gasteiger partial charge on any atom is 0.251 e. The Morgan fingerprint density at radius 2 is 1.95 bits per heavy atom. The molecular weight excluding hydrogens is 298 g/mol. The van der Waals surface area contributed by atoms with Gasteiger partial charge in [0, 0.05) is 17.7 Å². The number of hydrogen-bond acceptors (Lipinski definition) is 2. The summed E-state index contributed by atoms with van der Waals surface area (Å²) in [7, 11) is 1.63. The Morgan fingerprint density at radius 1 is 1.23 bits per heavy atom. The molecule has 0 aliphatic carbocycles. The molecule has 1 N–H and O–H groups in total. The second-order valence-corrected chi connectivity index (χ2v) is 5.88. The van der Waals surface area contributed by atoms with Crippen LogP contribution in [0.25, 0.3) is 0 Å². The summed E-state index contributed by atoms with van der Waals surface area (Å²) in [5, 5.41) is 3.59. The normalized spacial score (nSPS) is 13.5. The zero-order valence-electron chi connectivity index (χ0n) is 13.0. The fourth-order valence-electron chi connectivity index (χ4n) is 2.28. The second kappa shape index (κ2) is 6.95. The molecule has 22 heavy (non-hydrogen) atoms. The third-order valence-electron chi connectivity index (χ3n) is 3.86. The van der Waals surface area contributed by atoms with Gasteiger partial charge in [0.1, 0.15) is 5.60 Å². The van der Waals surface area contributed by atoms with Gasteiger partial charge in [-0.3, -0.25) is 4.79 Å². The fourth-order valence-corrected chi connectivity index (χ4v) is 2.47. The largest absolute Gasteiger partial charge is 0.372 e. The maximum absolute atomic E-state index is 12.3. The standard InChI is InChI=1S/C18H20ClNO2/c1-13-7-4-5-10-16(13)17(21)20-12-18(2,22-3)14-8-6-9-15(19)11-14/h4-11H,12H2,1-3H3,(H,20,21)/t18-/m1/s1. The summed E-state index contributed by atoms with van der Waals surface area (Å²) in [6, 6.07) is 15.0. The number of aryl methyl sites for hydroxylation is 1. The summed E-state index contributed by atoms with van der Waals surface area (Å²) in [6.45, 7) is 4.20. The summed E-state index contributed by atoms with van der Waals surface area (Å²) in [6.07, 6.45) is 0. The van der Waals surface area contributed by atoms with Crippen LogP contribution in [0.5, 0.6) is 0 Å². The van der Waals surface area contributed by atoms with Crippen LogP contribution in [-0.4, -0.2) is 19.6 Å². The van der Waals surface area contributed by atoms with Gasteiger partial charge in [0.2, 0.25) is 0 Å². The van der Waals surface area contributed by atoms with Crippen LogP contribution in [0.15, 0.2) is 48.5 Å². The Labute approximate surface area is 136 Å². The van der Waals surface area contributed by atoms with E-state index in [0.717, 1.165) is 11.1 Å². The molecule has 116 valence electrons. The highest BCUT2D eigenvalue weighted by atomic mass is 35.5. The molecule has 2 rings (SSSR count). The van der Waals surface area contributed by atoms with Gasteiger partial charge in [-0.05, 0) is 43.2 Å². The Morgan fingerprint density at radius 3 is 2.59 bits per heavy atom. The molecule has 0 saturated heterocycles. The van der Waals surface area contributed by atoms with Crippen molar-refractivity contribution in [3.05, 3.63) is 70.2 Å². The summed E-state index contributed by atoms with van der Waals surface area (Å²) in [5.74, 6) is -0.108. The number of rotatable bonds is 5. The van der Waals surface area contributed by atoms with Crippen molar-refractivity contribution in [2.24, 2.45) is 0 Å². The van der Waals surface area contributed by atoms with Crippen molar-refractivity contribution in [3.8, 4) is 0 Å². The van der Waals surface area contributed by atoms with Gasteiger partial charge in [0.15, 0.2) is 0 Å². The van der Waals surface area contributed by atoms with Gasteiger partial charge in [-0.15, -0.1) is 0 Å². The zero-order chi connectivity index (χ0) is 16.2. The SMILES string of the molecule is CO[C@](C)(CNC(=O)c1ccccc1C)c1cccc(Cl)c1. The minimum atomic E-state index is -0.636. The van der Waals surface area contributed by atoms with Gasteiger partial charge in [-0.2, -0.15) is 0 Å². The lowest BCUT2D eigenvalue weighted by molar-refractivity contribution is 0.00315. The van der Waals surface area contributed by atoms with Gasteiger partial charge in [-0.25, -0.2) is 0 Å². The van der Waals surface area contributed by atoms with Crippen molar-refractivity contribution in [2.75, 3.05) is 13.7 Å². The van der Waals surface area contributed by atoms with Crippen molar-refractivity contribution in [1.82, 2.24) is 5.32 Å². The molecule has 0 bridgehead atoms. The first-order chi connectivity index (χ1) is 10.5. The molecule has 2 aromatic rings. The average Bonchev–Trinajstić information content (AvgIpc) is 2.52. The van der Waals surface area contributed by atoms with Crippen molar-refractivity contribution in [2.45, 2.75) is 19.4 Å². The predicted octanol–water partition coefficient (Wildman–Crippen LogP) is 3.94. The average molecular weight is 318 g/mol. The van der Waals surface area contributed by atoms with Crippen LogP contribution in [0.3, 0.4) is 0 Å². The second-order valence-electron chi connectivity index (χ2n) is 5.44. The molecule has 4 heteroatoms. The first-order valence-electron chi connectivity index (χ1n) is 7.11. The van der Waals surface area contributed by atoms with Gasteiger partial charge in [-0.1, -0.05) is 41.9 Å². The minimum Gasteiger partial charge on any atom is -0.372 e. The summed E-state index contributed by atoms with van der Waals surface area (Å²) >= 11 is 6.04. The minimum absolute atomic E-state index is 0.108. The number of ether oxygens (including phenoxy) is 1. The Bertz CT molecular complexity index is 672. The first-order valence-corrected chi connectivity index (χ1v) is 7.49. The van der Waals surface area contributed by atoms with E-state index in [1.54, 1.807) is 7.11 Å². The van der Waals surface area contributed by atoms with E-state index in [4.69, 9.17) is 16.3 Å². The number of methoxy groups -OCH3 is 1. The van der Waals surface area contributed by atoms with Gasteiger partial charge in [0.05, 0.1) is 6.54 Å².